The number of carbonyl (C=O) groups excluding carboxylic acids is 1. The summed E-state index contributed by atoms with van der Waals surface area (Å²) in [5.41, 5.74) is 0.422. The average molecular weight is 307 g/mol. The fourth-order valence-corrected chi connectivity index (χ4v) is 3.00. The van der Waals surface area contributed by atoms with Crippen molar-refractivity contribution in [2.75, 3.05) is 5.32 Å². The minimum Gasteiger partial charge on any atom is -0.478 e. The zero-order chi connectivity index (χ0) is 15.6. The normalized spacial score (nSPS) is 10.4. The number of carbonyl (C=O) groups is 2. The van der Waals surface area contributed by atoms with Crippen LogP contribution in [0.15, 0.2) is 24.3 Å². The van der Waals surface area contributed by atoms with Gasteiger partial charge in [0.1, 0.15) is 5.82 Å². The molecule has 0 atom stereocenters. The lowest BCUT2D eigenvalue weighted by Crippen LogP contribution is -2.15. The first-order valence-corrected chi connectivity index (χ1v) is 7.18. The number of para-hydroxylation sites is 1. The second-order valence-corrected chi connectivity index (χ2v) is 5.63. The van der Waals surface area contributed by atoms with E-state index in [9.17, 15) is 14.0 Å². The molecule has 0 bridgehead atoms. The highest BCUT2D eigenvalue weighted by Crippen LogP contribution is 2.25. The lowest BCUT2D eigenvalue weighted by molar-refractivity contribution is 0.0697. The number of amides is 1. The van der Waals surface area contributed by atoms with Crippen LogP contribution in [0, 0.1) is 12.7 Å². The van der Waals surface area contributed by atoms with Crippen molar-refractivity contribution in [3.63, 3.8) is 0 Å². The van der Waals surface area contributed by atoms with Crippen LogP contribution in [0.3, 0.4) is 0 Å². The number of carboxylic acid groups (broad SMARTS) is 1. The molecule has 0 aliphatic heterocycles. The van der Waals surface area contributed by atoms with Crippen molar-refractivity contribution < 1.29 is 19.1 Å². The first-order valence-electron chi connectivity index (χ1n) is 6.36. The van der Waals surface area contributed by atoms with E-state index in [-0.39, 0.29) is 11.3 Å². The Bertz CT molecular complexity index is 709. The molecule has 21 heavy (non-hydrogen) atoms. The summed E-state index contributed by atoms with van der Waals surface area (Å²) in [6.45, 7) is 3.89. The fourth-order valence-electron chi connectivity index (χ4n) is 1.99. The van der Waals surface area contributed by atoms with Gasteiger partial charge in [-0.15, -0.1) is 11.3 Å². The number of aromatic carboxylic acids is 1. The summed E-state index contributed by atoms with van der Waals surface area (Å²) in [4.78, 5) is 24.8. The van der Waals surface area contributed by atoms with Gasteiger partial charge in [-0.1, -0.05) is 13.0 Å². The van der Waals surface area contributed by atoms with Crippen molar-refractivity contribution in [3.05, 3.63) is 51.0 Å². The van der Waals surface area contributed by atoms with E-state index in [1.54, 1.807) is 6.07 Å². The van der Waals surface area contributed by atoms with E-state index in [1.807, 2.05) is 13.8 Å². The standard InChI is InChI=1S/C15H14FNO3S/c1-3-11-8(2)7-12(21-11)14(18)17-13-9(15(19)20)5-4-6-10(13)16/h4-7H,3H2,1-2H3,(H,17,18)(H,19,20). The summed E-state index contributed by atoms with van der Waals surface area (Å²) in [6.07, 6.45) is 0.809. The van der Waals surface area contributed by atoms with E-state index < -0.39 is 17.7 Å². The Balaban J connectivity index is 2.33. The number of nitrogens with one attached hydrogen (secondary N) is 1. The van der Waals surface area contributed by atoms with Gasteiger partial charge in [-0.2, -0.15) is 0 Å². The van der Waals surface area contributed by atoms with Crippen LogP contribution < -0.4 is 5.32 Å². The number of anilines is 1. The van der Waals surface area contributed by atoms with E-state index >= 15 is 0 Å². The van der Waals surface area contributed by atoms with E-state index in [0.29, 0.717) is 4.88 Å². The molecule has 0 aliphatic rings. The highest BCUT2D eigenvalue weighted by molar-refractivity contribution is 7.14. The van der Waals surface area contributed by atoms with Gasteiger partial charge in [0, 0.05) is 4.88 Å². The molecule has 0 spiro atoms. The second-order valence-electron chi connectivity index (χ2n) is 4.49. The predicted octanol–water partition coefficient (Wildman–Crippen LogP) is 3.71. The van der Waals surface area contributed by atoms with Crippen LogP contribution in [-0.2, 0) is 6.42 Å². The van der Waals surface area contributed by atoms with Crippen LogP contribution in [0.25, 0.3) is 0 Å². The van der Waals surface area contributed by atoms with Crippen molar-refractivity contribution in [1.29, 1.82) is 0 Å². The lowest BCUT2D eigenvalue weighted by atomic mass is 10.1. The number of benzene rings is 1. The number of rotatable bonds is 4. The van der Waals surface area contributed by atoms with E-state index in [2.05, 4.69) is 5.32 Å². The Morgan fingerprint density at radius 2 is 2.10 bits per heavy atom. The molecule has 1 aromatic carbocycles. The van der Waals surface area contributed by atoms with Gasteiger partial charge in [0.25, 0.3) is 5.91 Å². The molecular formula is C15H14FNO3S. The quantitative estimate of drug-likeness (QED) is 0.905. The van der Waals surface area contributed by atoms with E-state index in [1.165, 1.54) is 23.5 Å². The first-order chi connectivity index (χ1) is 9.93. The monoisotopic (exact) mass is 307 g/mol. The molecule has 1 aromatic heterocycles. The molecule has 0 saturated heterocycles. The van der Waals surface area contributed by atoms with Crippen LogP contribution in [0.4, 0.5) is 10.1 Å². The Morgan fingerprint density at radius 3 is 2.67 bits per heavy atom. The van der Waals surface area contributed by atoms with Crippen LogP contribution in [0.2, 0.25) is 0 Å². The van der Waals surface area contributed by atoms with Crippen LogP contribution in [0.1, 0.15) is 37.4 Å². The van der Waals surface area contributed by atoms with Crippen molar-refractivity contribution in [2.45, 2.75) is 20.3 Å². The number of carboxylic acids is 1. The highest BCUT2D eigenvalue weighted by Gasteiger charge is 2.19. The van der Waals surface area contributed by atoms with Gasteiger partial charge < -0.3 is 10.4 Å². The minimum atomic E-state index is -1.29. The van der Waals surface area contributed by atoms with Gasteiger partial charge in [0.15, 0.2) is 0 Å². The number of hydrogen-bond acceptors (Lipinski definition) is 3. The molecule has 0 saturated carbocycles. The maximum atomic E-state index is 13.8. The summed E-state index contributed by atoms with van der Waals surface area (Å²) >= 11 is 1.33. The lowest BCUT2D eigenvalue weighted by Gasteiger charge is -2.08. The third-order valence-corrected chi connectivity index (χ3v) is 4.43. The molecule has 1 heterocycles. The number of hydrogen-bond donors (Lipinski definition) is 2. The Kier molecular flexibility index (Phi) is 4.37. The first kappa shape index (κ1) is 15.2. The largest absolute Gasteiger partial charge is 0.478 e. The van der Waals surface area contributed by atoms with E-state index in [4.69, 9.17) is 5.11 Å². The molecular weight excluding hydrogens is 293 g/mol. The molecule has 0 fully saturated rings. The molecule has 2 aromatic rings. The topological polar surface area (TPSA) is 66.4 Å². The van der Waals surface area contributed by atoms with Crippen LogP contribution in [0.5, 0.6) is 0 Å². The van der Waals surface area contributed by atoms with Gasteiger partial charge in [-0.25, -0.2) is 9.18 Å². The van der Waals surface area contributed by atoms with Crippen molar-refractivity contribution in [1.82, 2.24) is 0 Å². The van der Waals surface area contributed by atoms with Gasteiger partial charge in [-0.05, 0) is 37.1 Å². The second kappa shape index (κ2) is 6.05. The van der Waals surface area contributed by atoms with Crippen molar-refractivity contribution in [2.24, 2.45) is 0 Å². The van der Waals surface area contributed by atoms with Gasteiger partial charge in [-0.3, -0.25) is 4.79 Å². The zero-order valence-electron chi connectivity index (χ0n) is 11.6. The maximum absolute atomic E-state index is 13.8. The SMILES string of the molecule is CCc1sc(C(=O)Nc2c(F)cccc2C(=O)O)cc1C. The molecule has 4 nitrogen and oxygen atoms in total. The average Bonchev–Trinajstić information content (AvgIpc) is 2.82. The maximum Gasteiger partial charge on any atom is 0.337 e. The number of aryl methyl sites for hydroxylation is 2. The summed E-state index contributed by atoms with van der Waals surface area (Å²) in [5, 5.41) is 11.4. The van der Waals surface area contributed by atoms with Crippen molar-refractivity contribution >= 4 is 28.9 Å². The Hall–Kier alpha value is -2.21. The number of thiophene rings is 1. The van der Waals surface area contributed by atoms with Gasteiger partial charge >= 0.3 is 5.97 Å². The summed E-state index contributed by atoms with van der Waals surface area (Å²) < 4.78 is 13.8. The minimum absolute atomic E-state index is 0.271. The third-order valence-electron chi connectivity index (χ3n) is 3.05. The highest BCUT2D eigenvalue weighted by atomic mass is 32.1. The smallest absolute Gasteiger partial charge is 0.337 e. The van der Waals surface area contributed by atoms with Gasteiger partial charge in [0.05, 0.1) is 16.1 Å². The molecule has 0 unspecified atom stereocenters. The zero-order valence-corrected chi connectivity index (χ0v) is 12.4. The number of halogens is 1. The molecule has 1 amide bonds. The van der Waals surface area contributed by atoms with Crippen molar-refractivity contribution in [3.8, 4) is 0 Å². The molecule has 110 valence electrons. The summed E-state index contributed by atoms with van der Waals surface area (Å²) in [7, 11) is 0. The van der Waals surface area contributed by atoms with E-state index in [0.717, 1.165) is 22.9 Å². The molecule has 2 N–H and O–H groups in total. The van der Waals surface area contributed by atoms with Gasteiger partial charge in [0.2, 0.25) is 0 Å². The molecule has 6 heteroatoms. The Labute approximate surface area is 125 Å². The summed E-state index contributed by atoms with van der Waals surface area (Å²) in [6, 6.07) is 5.37. The summed E-state index contributed by atoms with van der Waals surface area (Å²) in [5.74, 6) is -2.57. The Morgan fingerprint density at radius 1 is 1.38 bits per heavy atom. The van der Waals surface area contributed by atoms with Crippen LogP contribution >= 0.6 is 11.3 Å². The molecule has 2 rings (SSSR count). The molecule has 0 aliphatic carbocycles. The van der Waals surface area contributed by atoms with Crippen LogP contribution in [-0.4, -0.2) is 17.0 Å². The third kappa shape index (κ3) is 3.11. The predicted molar refractivity (Wildman–Crippen MR) is 79.7 cm³/mol. The molecule has 0 radical (unpaired) electrons. The fraction of sp³-hybridized carbons (Fsp3) is 0.200.